The van der Waals surface area contributed by atoms with Gasteiger partial charge < -0.3 is 0 Å². The van der Waals surface area contributed by atoms with Gasteiger partial charge in [-0.1, -0.05) is 54.4 Å². The summed E-state index contributed by atoms with van der Waals surface area (Å²) in [5, 5.41) is 0.936. The summed E-state index contributed by atoms with van der Waals surface area (Å²) in [6.07, 6.45) is 5.81. The van der Waals surface area contributed by atoms with Crippen LogP contribution in [0.2, 0.25) is 0 Å². The van der Waals surface area contributed by atoms with Gasteiger partial charge in [-0.15, -0.1) is 0 Å². The van der Waals surface area contributed by atoms with Gasteiger partial charge in [-0.05, 0) is 35.3 Å². The molecule has 0 radical (unpaired) electrons. The molecule has 16 heavy (non-hydrogen) atoms. The molecule has 2 unspecified atom stereocenters. The number of thioether (sulfide) groups is 1. The fourth-order valence-electron chi connectivity index (χ4n) is 2.07. The Morgan fingerprint density at radius 3 is 2.19 bits per heavy atom. The Balaban J connectivity index is 2.39. The normalized spacial score (nSPS) is 28.1. The first-order valence-corrected chi connectivity index (χ1v) is 7.89. The van der Waals surface area contributed by atoms with E-state index in [2.05, 4.69) is 53.3 Å². The van der Waals surface area contributed by atoms with Crippen LogP contribution in [-0.2, 0) is 0 Å². The minimum Gasteiger partial charge on any atom is -0.158 e. The molecule has 0 aromatic rings. The summed E-state index contributed by atoms with van der Waals surface area (Å²) in [6, 6.07) is 0. The Hall–Kier alpha value is 0.350. The number of hydrogen-bond donors (Lipinski definition) is 0. The van der Waals surface area contributed by atoms with Crippen molar-refractivity contribution < 1.29 is 0 Å². The van der Waals surface area contributed by atoms with Gasteiger partial charge in [0.05, 0.1) is 0 Å². The second-order valence-corrected chi connectivity index (χ2v) is 8.63. The summed E-state index contributed by atoms with van der Waals surface area (Å²) < 4.78 is 0. The molecular weight excluding hydrogens is 212 g/mol. The van der Waals surface area contributed by atoms with Crippen molar-refractivity contribution >= 4 is 11.8 Å². The molecule has 1 fully saturated rings. The van der Waals surface area contributed by atoms with Crippen LogP contribution in [0.3, 0.4) is 0 Å². The third-order valence-electron chi connectivity index (χ3n) is 4.60. The van der Waals surface area contributed by atoms with Crippen LogP contribution in [0, 0.1) is 16.7 Å². The van der Waals surface area contributed by atoms with E-state index in [1.165, 1.54) is 31.4 Å². The van der Waals surface area contributed by atoms with Crippen LogP contribution >= 0.6 is 11.8 Å². The van der Waals surface area contributed by atoms with E-state index in [0.717, 1.165) is 11.2 Å². The highest BCUT2D eigenvalue weighted by atomic mass is 32.2. The van der Waals surface area contributed by atoms with Crippen LogP contribution in [-0.4, -0.2) is 11.0 Å². The van der Waals surface area contributed by atoms with Crippen LogP contribution in [0.5, 0.6) is 0 Å². The monoisotopic (exact) mass is 242 g/mol. The molecule has 0 saturated heterocycles. The van der Waals surface area contributed by atoms with Crippen molar-refractivity contribution in [3.05, 3.63) is 0 Å². The summed E-state index contributed by atoms with van der Waals surface area (Å²) >= 11 is 2.23. The van der Waals surface area contributed by atoms with Crippen LogP contribution in [0.4, 0.5) is 0 Å². The molecule has 0 N–H and O–H groups in total. The fourth-order valence-corrected chi connectivity index (χ4v) is 3.96. The van der Waals surface area contributed by atoms with Crippen molar-refractivity contribution in [1.29, 1.82) is 0 Å². The van der Waals surface area contributed by atoms with Crippen LogP contribution < -0.4 is 0 Å². The van der Waals surface area contributed by atoms with E-state index in [1.54, 1.807) is 0 Å². The van der Waals surface area contributed by atoms with E-state index >= 15 is 0 Å². The zero-order valence-electron chi connectivity index (χ0n) is 12.1. The first kappa shape index (κ1) is 14.4. The largest absolute Gasteiger partial charge is 0.158 e. The van der Waals surface area contributed by atoms with Crippen molar-refractivity contribution in [3.8, 4) is 0 Å². The lowest BCUT2D eigenvalue weighted by Gasteiger charge is -2.40. The molecule has 1 rings (SSSR count). The van der Waals surface area contributed by atoms with E-state index in [1.807, 2.05) is 0 Å². The van der Waals surface area contributed by atoms with Crippen molar-refractivity contribution in [1.82, 2.24) is 0 Å². The van der Waals surface area contributed by atoms with Crippen molar-refractivity contribution in [2.24, 2.45) is 16.7 Å². The van der Waals surface area contributed by atoms with Gasteiger partial charge >= 0.3 is 0 Å². The molecule has 0 bridgehead atoms. The highest BCUT2D eigenvalue weighted by Gasteiger charge is 2.33. The molecule has 1 aliphatic rings. The minimum absolute atomic E-state index is 0.417. The Kier molecular flexibility index (Phi) is 4.80. The van der Waals surface area contributed by atoms with Gasteiger partial charge in [0.15, 0.2) is 0 Å². The lowest BCUT2D eigenvalue weighted by Crippen LogP contribution is -2.33. The molecule has 96 valence electrons. The third kappa shape index (κ3) is 3.98. The average molecular weight is 242 g/mol. The quantitative estimate of drug-likeness (QED) is 0.641. The second kappa shape index (κ2) is 5.33. The number of hydrogen-bond acceptors (Lipinski definition) is 1. The first-order valence-electron chi connectivity index (χ1n) is 6.84. The lowest BCUT2D eigenvalue weighted by atomic mass is 9.71. The molecule has 0 aromatic heterocycles. The van der Waals surface area contributed by atoms with Crippen molar-refractivity contribution in [2.75, 3.05) is 5.75 Å². The van der Waals surface area contributed by atoms with Gasteiger partial charge in [0.1, 0.15) is 0 Å². The number of rotatable bonds is 3. The van der Waals surface area contributed by atoms with Crippen molar-refractivity contribution in [2.45, 2.75) is 72.5 Å². The maximum absolute atomic E-state index is 2.42. The Labute approximate surface area is 107 Å². The second-order valence-electron chi connectivity index (χ2n) is 7.34. The zero-order valence-corrected chi connectivity index (χ0v) is 12.9. The summed E-state index contributed by atoms with van der Waals surface area (Å²) in [4.78, 5) is 0. The van der Waals surface area contributed by atoms with Crippen molar-refractivity contribution in [3.63, 3.8) is 0 Å². The Morgan fingerprint density at radius 2 is 1.69 bits per heavy atom. The van der Waals surface area contributed by atoms with E-state index in [9.17, 15) is 0 Å². The van der Waals surface area contributed by atoms with Gasteiger partial charge in [0.25, 0.3) is 0 Å². The molecule has 2 atom stereocenters. The summed E-state index contributed by atoms with van der Waals surface area (Å²) in [7, 11) is 0. The molecule has 0 amide bonds. The van der Waals surface area contributed by atoms with E-state index in [4.69, 9.17) is 0 Å². The van der Waals surface area contributed by atoms with E-state index in [-0.39, 0.29) is 0 Å². The van der Waals surface area contributed by atoms with E-state index < -0.39 is 0 Å². The van der Waals surface area contributed by atoms with Gasteiger partial charge in [0, 0.05) is 5.25 Å². The lowest BCUT2D eigenvalue weighted by molar-refractivity contribution is 0.162. The predicted molar refractivity (Wildman–Crippen MR) is 77.1 cm³/mol. The van der Waals surface area contributed by atoms with Gasteiger partial charge in [-0.25, -0.2) is 0 Å². The van der Waals surface area contributed by atoms with Crippen LogP contribution in [0.25, 0.3) is 0 Å². The van der Waals surface area contributed by atoms with Gasteiger partial charge in [0.2, 0.25) is 0 Å². The molecule has 0 nitrogen and oxygen atoms in total. The Morgan fingerprint density at radius 1 is 1.06 bits per heavy atom. The SMILES string of the molecule is CC1CCCC(SCC(C)(C)C(C)(C)C)C1. The molecule has 0 aliphatic heterocycles. The smallest absolute Gasteiger partial charge is 0.00497 e. The summed E-state index contributed by atoms with van der Waals surface area (Å²) in [5.41, 5.74) is 0.860. The maximum atomic E-state index is 2.42. The average Bonchev–Trinajstić information content (AvgIpc) is 2.13. The molecule has 0 heterocycles. The Bertz CT molecular complexity index is 212. The maximum Gasteiger partial charge on any atom is 0.00497 e. The standard InChI is InChI=1S/C15H30S/c1-12-8-7-9-13(10-12)16-11-15(5,6)14(2,3)4/h12-13H,7-11H2,1-6H3. The highest BCUT2D eigenvalue weighted by molar-refractivity contribution is 7.99. The summed E-state index contributed by atoms with van der Waals surface area (Å²) in [5.74, 6) is 2.28. The first-order chi connectivity index (χ1) is 7.22. The van der Waals surface area contributed by atoms with Gasteiger partial charge in [-0.2, -0.15) is 11.8 Å². The molecular formula is C15H30S. The van der Waals surface area contributed by atoms with E-state index in [0.29, 0.717) is 10.8 Å². The molecule has 0 aromatic carbocycles. The minimum atomic E-state index is 0.417. The highest BCUT2D eigenvalue weighted by Crippen LogP contribution is 2.43. The van der Waals surface area contributed by atoms with Crippen LogP contribution in [0.15, 0.2) is 0 Å². The topological polar surface area (TPSA) is 0 Å². The summed E-state index contributed by atoms with van der Waals surface area (Å²) in [6.45, 7) is 14.4. The molecule has 1 saturated carbocycles. The molecule has 1 heteroatoms. The van der Waals surface area contributed by atoms with Gasteiger partial charge in [-0.3, -0.25) is 0 Å². The predicted octanol–water partition coefficient (Wildman–Crippen LogP) is 5.37. The fraction of sp³-hybridized carbons (Fsp3) is 1.00. The molecule has 1 aliphatic carbocycles. The zero-order chi connectivity index (χ0) is 12.4. The molecule has 0 spiro atoms. The van der Waals surface area contributed by atoms with Crippen LogP contribution in [0.1, 0.15) is 67.2 Å². The third-order valence-corrected chi connectivity index (χ3v) is 6.39.